The summed E-state index contributed by atoms with van der Waals surface area (Å²) in [7, 11) is 0. The first-order chi connectivity index (χ1) is 13.4. The molecule has 4 heterocycles. The molecule has 0 unspecified atom stereocenters. The van der Waals surface area contributed by atoms with E-state index in [0.29, 0.717) is 33.4 Å². The molecule has 3 aromatic rings. The van der Waals surface area contributed by atoms with Gasteiger partial charge in [-0.25, -0.2) is 4.57 Å². The minimum Gasteiger partial charge on any atom is -0.494 e. The third-order valence-electron chi connectivity index (χ3n) is 5.91. The summed E-state index contributed by atoms with van der Waals surface area (Å²) >= 11 is 0.929. The predicted molar refractivity (Wildman–Crippen MR) is 97.2 cm³/mol. The van der Waals surface area contributed by atoms with E-state index in [4.69, 9.17) is 4.74 Å². The molecule has 9 nitrogen and oxygen atoms in total. The highest BCUT2D eigenvalue weighted by Gasteiger charge is 2.65. The monoisotopic (exact) mass is 400 g/mol. The van der Waals surface area contributed by atoms with Crippen molar-refractivity contribution in [2.24, 2.45) is 0 Å². The number of ether oxygens (including phenoxy) is 1. The first kappa shape index (κ1) is 17.4. The molecule has 4 N–H and O–H groups in total. The van der Waals surface area contributed by atoms with Crippen LogP contribution in [0.5, 0.6) is 11.8 Å². The van der Waals surface area contributed by atoms with E-state index in [-0.39, 0.29) is 31.2 Å². The van der Waals surface area contributed by atoms with E-state index in [1.165, 1.54) is 4.57 Å². The standard InChI is InChI=1S/C18H16N4O5S/c1-17-10(24)6-18(27-17,4-5-23)12-11(17)15(25)22(16(12)26)9-3-2-8(7-19)13-14(9)21-28-20-13/h2-3,10,23-26H,4-6H2,1H3/t10-,17-,18+/m0/s1. The van der Waals surface area contributed by atoms with Gasteiger partial charge in [-0.15, -0.1) is 0 Å². The summed E-state index contributed by atoms with van der Waals surface area (Å²) in [6, 6.07) is 5.18. The van der Waals surface area contributed by atoms with Gasteiger partial charge in [0.15, 0.2) is 0 Å². The van der Waals surface area contributed by atoms with Crippen LogP contribution in [-0.4, -0.2) is 46.5 Å². The van der Waals surface area contributed by atoms with Crippen molar-refractivity contribution in [2.45, 2.75) is 37.1 Å². The Morgan fingerprint density at radius 1 is 1.29 bits per heavy atom. The van der Waals surface area contributed by atoms with Crippen LogP contribution in [0.25, 0.3) is 16.7 Å². The van der Waals surface area contributed by atoms with Gasteiger partial charge in [-0.3, -0.25) is 0 Å². The van der Waals surface area contributed by atoms with Crippen LogP contribution in [0, 0.1) is 11.3 Å². The smallest absolute Gasteiger partial charge is 0.205 e. The molecule has 0 radical (unpaired) electrons. The molecule has 0 amide bonds. The number of hydrogen-bond donors (Lipinski definition) is 4. The van der Waals surface area contributed by atoms with Crippen LogP contribution in [0.4, 0.5) is 0 Å². The summed E-state index contributed by atoms with van der Waals surface area (Å²) in [5.41, 5.74) is -0.157. The molecule has 0 spiro atoms. The summed E-state index contributed by atoms with van der Waals surface area (Å²) in [4.78, 5) is 0. The van der Waals surface area contributed by atoms with Crippen molar-refractivity contribution < 1.29 is 25.2 Å². The Morgan fingerprint density at radius 3 is 2.71 bits per heavy atom. The van der Waals surface area contributed by atoms with Crippen molar-refractivity contribution in [3.05, 3.63) is 28.8 Å². The number of nitriles is 1. The van der Waals surface area contributed by atoms with Crippen LogP contribution in [0.15, 0.2) is 12.1 Å². The second-order valence-electron chi connectivity index (χ2n) is 7.34. The van der Waals surface area contributed by atoms with Gasteiger partial charge in [-0.1, -0.05) is 0 Å². The largest absolute Gasteiger partial charge is 0.494 e. The highest BCUT2D eigenvalue weighted by atomic mass is 32.1. The molecule has 2 aliphatic heterocycles. The molecule has 10 heteroatoms. The number of rotatable bonds is 3. The Kier molecular flexibility index (Phi) is 3.37. The molecule has 5 rings (SSSR count). The molecule has 144 valence electrons. The molecule has 28 heavy (non-hydrogen) atoms. The number of fused-ring (bicyclic) bond motifs is 6. The van der Waals surface area contributed by atoms with E-state index in [2.05, 4.69) is 14.8 Å². The van der Waals surface area contributed by atoms with Crippen molar-refractivity contribution >= 4 is 22.8 Å². The van der Waals surface area contributed by atoms with Gasteiger partial charge < -0.3 is 25.2 Å². The van der Waals surface area contributed by atoms with E-state index in [1.807, 2.05) is 0 Å². The molecule has 2 aliphatic rings. The molecule has 0 saturated carbocycles. The number of aromatic nitrogens is 3. The van der Waals surface area contributed by atoms with Crippen LogP contribution < -0.4 is 0 Å². The molecule has 2 aromatic heterocycles. The van der Waals surface area contributed by atoms with Gasteiger partial charge in [-0.05, 0) is 19.1 Å². The third-order valence-corrected chi connectivity index (χ3v) is 6.44. The third kappa shape index (κ3) is 1.84. The van der Waals surface area contributed by atoms with Crippen LogP contribution >= 0.6 is 11.7 Å². The topological polar surface area (TPSA) is 145 Å². The maximum Gasteiger partial charge on any atom is 0.205 e. The SMILES string of the molecule is C[C@]12O[C@](CCO)(C[C@@H]1O)c1c2c(O)n(-c2ccc(C#N)c3nsnc23)c1O. The Labute approximate surface area is 163 Å². The zero-order valence-electron chi connectivity index (χ0n) is 14.7. The number of aromatic hydroxyl groups is 2. The predicted octanol–water partition coefficient (Wildman–Crippen LogP) is 1.35. The number of hydrogen-bond acceptors (Lipinski definition) is 9. The van der Waals surface area contributed by atoms with Gasteiger partial charge in [-0.2, -0.15) is 14.0 Å². The lowest BCUT2D eigenvalue weighted by Gasteiger charge is -2.26. The summed E-state index contributed by atoms with van der Waals surface area (Å²) in [6.07, 6.45) is -0.519. The molecule has 1 fully saturated rings. The van der Waals surface area contributed by atoms with Crippen LogP contribution in [-0.2, 0) is 15.9 Å². The van der Waals surface area contributed by atoms with Gasteiger partial charge in [0.25, 0.3) is 0 Å². The summed E-state index contributed by atoms with van der Waals surface area (Å²) in [6.45, 7) is 1.45. The molecule has 0 aliphatic carbocycles. The fraction of sp³-hybridized carbons (Fsp3) is 0.389. The summed E-state index contributed by atoms with van der Waals surface area (Å²) in [5, 5.41) is 51.5. The molecule has 3 atom stereocenters. The van der Waals surface area contributed by atoms with Gasteiger partial charge >= 0.3 is 0 Å². The average Bonchev–Trinajstić information content (AvgIpc) is 3.35. The van der Waals surface area contributed by atoms with E-state index >= 15 is 0 Å². The van der Waals surface area contributed by atoms with Crippen molar-refractivity contribution in [1.82, 2.24) is 13.3 Å². The normalized spacial score (nSPS) is 28.0. The van der Waals surface area contributed by atoms with Crippen molar-refractivity contribution in [3.63, 3.8) is 0 Å². The summed E-state index contributed by atoms with van der Waals surface area (Å²) < 4.78 is 15.7. The second kappa shape index (κ2) is 5.42. The second-order valence-corrected chi connectivity index (χ2v) is 7.86. The Hall–Kier alpha value is -2.71. The molecule has 1 saturated heterocycles. The van der Waals surface area contributed by atoms with Gasteiger partial charge in [0.2, 0.25) is 11.8 Å². The maximum atomic E-state index is 11.1. The van der Waals surface area contributed by atoms with E-state index in [1.54, 1.807) is 19.1 Å². The molecule has 2 bridgehead atoms. The lowest BCUT2D eigenvalue weighted by molar-refractivity contribution is -0.108. The maximum absolute atomic E-state index is 11.1. The van der Waals surface area contributed by atoms with Crippen LogP contribution in [0.1, 0.15) is 36.5 Å². The van der Waals surface area contributed by atoms with Crippen LogP contribution in [0.2, 0.25) is 0 Å². The Bertz CT molecular complexity index is 1180. The molecular formula is C18H16N4O5S. The number of nitrogens with zero attached hydrogens (tertiary/aromatic N) is 4. The van der Waals surface area contributed by atoms with Crippen molar-refractivity contribution in [2.75, 3.05) is 6.61 Å². The minimum absolute atomic E-state index is 0.171. The lowest BCUT2D eigenvalue weighted by Crippen LogP contribution is -2.33. The van der Waals surface area contributed by atoms with E-state index < -0.39 is 17.3 Å². The first-order valence-corrected chi connectivity index (χ1v) is 9.43. The fourth-order valence-electron chi connectivity index (χ4n) is 4.65. The quantitative estimate of drug-likeness (QED) is 0.516. The summed E-state index contributed by atoms with van der Waals surface area (Å²) in [5.74, 6) is -0.511. The van der Waals surface area contributed by atoms with Crippen molar-refractivity contribution in [1.29, 1.82) is 5.26 Å². The van der Waals surface area contributed by atoms with E-state index in [9.17, 15) is 25.7 Å². The number of benzene rings is 1. The minimum atomic E-state index is -1.21. The van der Waals surface area contributed by atoms with Crippen molar-refractivity contribution in [3.8, 4) is 23.5 Å². The zero-order valence-corrected chi connectivity index (χ0v) is 15.6. The zero-order chi connectivity index (χ0) is 19.8. The van der Waals surface area contributed by atoms with Gasteiger partial charge in [0, 0.05) is 19.4 Å². The molecular weight excluding hydrogens is 384 g/mol. The van der Waals surface area contributed by atoms with Gasteiger partial charge in [0.1, 0.15) is 28.3 Å². The fourth-order valence-corrected chi connectivity index (χ4v) is 5.22. The van der Waals surface area contributed by atoms with Gasteiger partial charge in [0.05, 0.1) is 40.2 Å². The number of aliphatic hydroxyl groups is 2. The number of aliphatic hydroxyl groups excluding tert-OH is 2. The highest BCUT2D eigenvalue weighted by molar-refractivity contribution is 7.00. The molecule has 1 aromatic carbocycles. The lowest BCUT2D eigenvalue weighted by atomic mass is 9.76. The average molecular weight is 400 g/mol. The Balaban J connectivity index is 1.82. The highest BCUT2D eigenvalue weighted by Crippen LogP contribution is 2.65. The van der Waals surface area contributed by atoms with Crippen LogP contribution in [0.3, 0.4) is 0 Å². The Morgan fingerprint density at radius 2 is 2.00 bits per heavy atom. The first-order valence-electron chi connectivity index (χ1n) is 8.70. The van der Waals surface area contributed by atoms with E-state index in [0.717, 1.165) is 11.7 Å².